The van der Waals surface area contributed by atoms with Gasteiger partial charge in [0, 0.05) is 43.8 Å². The lowest BCUT2D eigenvalue weighted by Crippen LogP contribution is -2.64. The molecular weight excluding hydrogens is 704 g/mol. The Morgan fingerprint density at radius 1 is 0.654 bits per heavy atom. The van der Waals surface area contributed by atoms with Crippen molar-refractivity contribution in [3.05, 3.63) is 0 Å². The molecule has 4 saturated heterocycles. The van der Waals surface area contributed by atoms with Gasteiger partial charge < -0.3 is 20.6 Å². The van der Waals surface area contributed by atoms with Crippen LogP contribution in [0.25, 0.3) is 0 Å². The summed E-state index contributed by atoms with van der Waals surface area (Å²) in [7, 11) is 0. The van der Waals surface area contributed by atoms with Crippen LogP contribution < -0.4 is 5.73 Å². The minimum atomic E-state index is -2.58. The molecule has 0 spiro atoms. The van der Waals surface area contributed by atoms with Gasteiger partial charge >= 0.3 is 6.09 Å². The summed E-state index contributed by atoms with van der Waals surface area (Å²) >= 11 is 0. The number of piperidine rings is 2. The molecule has 0 unspecified atom stereocenters. The van der Waals surface area contributed by atoms with E-state index < -0.39 is 29.5 Å². The first-order valence-electron chi connectivity index (χ1n) is 19.5. The van der Waals surface area contributed by atoms with Crippen molar-refractivity contribution in [1.29, 1.82) is 0 Å². The zero-order chi connectivity index (χ0) is 37.1. The highest BCUT2D eigenvalue weighted by molar-refractivity contribution is 5.86. The maximum Gasteiger partial charge on any atom is 0.408 e. The second kappa shape index (κ2) is 17.7. The summed E-state index contributed by atoms with van der Waals surface area (Å²) in [4.78, 5) is 46.8. The summed E-state index contributed by atoms with van der Waals surface area (Å²) in [5.41, 5.74) is 5.51. The molecule has 0 aromatic rings. The van der Waals surface area contributed by atoms with E-state index in [0.29, 0.717) is 44.9 Å². The molecule has 6 aliphatic rings. The Labute approximate surface area is 313 Å². The molecule has 6 rings (SSSR count). The maximum atomic E-state index is 13.5. The molecule has 15 heteroatoms. The maximum absolute atomic E-state index is 13.5. The average Bonchev–Trinajstić information content (AvgIpc) is 3.08. The van der Waals surface area contributed by atoms with Gasteiger partial charge in [-0.15, -0.1) is 12.4 Å². The summed E-state index contributed by atoms with van der Waals surface area (Å²) in [5.74, 6) is -4.75. The minimum Gasteiger partial charge on any atom is -0.465 e. The van der Waals surface area contributed by atoms with Crippen LogP contribution in [0.1, 0.15) is 111 Å². The first-order chi connectivity index (χ1) is 24.0. The summed E-state index contributed by atoms with van der Waals surface area (Å²) in [6.45, 7) is 7.22. The topological polar surface area (TPSA) is 114 Å². The fourth-order valence-corrected chi connectivity index (χ4v) is 9.40. The van der Waals surface area contributed by atoms with Gasteiger partial charge in [-0.25, -0.2) is 22.4 Å². The molecule has 6 fully saturated rings. The number of amides is 3. The summed E-state index contributed by atoms with van der Waals surface area (Å²) in [5, 5.41) is 9.94. The van der Waals surface area contributed by atoms with Gasteiger partial charge in [0.25, 0.3) is 11.8 Å². The van der Waals surface area contributed by atoms with Gasteiger partial charge in [0.2, 0.25) is 11.8 Å². The Hall–Kier alpha value is -1.90. The van der Waals surface area contributed by atoms with Crippen molar-refractivity contribution in [3.8, 4) is 0 Å². The molecule has 3 amide bonds. The highest BCUT2D eigenvalue weighted by Gasteiger charge is 2.49. The lowest BCUT2D eigenvalue weighted by molar-refractivity contribution is -0.157. The van der Waals surface area contributed by atoms with Crippen LogP contribution in [0.4, 0.5) is 22.4 Å². The van der Waals surface area contributed by atoms with Crippen LogP contribution in [-0.2, 0) is 9.59 Å². The average molecular weight is 767 g/mol. The first-order valence-corrected chi connectivity index (χ1v) is 19.5. The Kier molecular flexibility index (Phi) is 14.6. The Morgan fingerprint density at radius 2 is 1.02 bits per heavy atom. The van der Waals surface area contributed by atoms with E-state index >= 15 is 0 Å². The van der Waals surface area contributed by atoms with Crippen LogP contribution in [0.2, 0.25) is 0 Å². The van der Waals surface area contributed by atoms with Crippen LogP contribution in [0, 0.1) is 11.8 Å². The lowest BCUT2D eigenvalue weighted by atomic mass is 9.81. The smallest absolute Gasteiger partial charge is 0.408 e. The van der Waals surface area contributed by atoms with E-state index in [9.17, 15) is 37.1 Å². The van der Waals surface area contributed by atoms with Gasteiger partial charge in [-0.3, -0.25) is 24.3 Å². The molecule has 4 aliphatic heterocycles. The molecule has 2 aliphatic carbocycles. The van der Waals surface area contributed by atoms with E-state index in [1.54, 1.807) is 9.80 Å². The number of carbonyl (C=O) groups excluding carboxylic acids is 2. The van der Waals surface area contributed by atoms with Crippen molar-refractivity contribution < 1.29 is 37.1 Å². The third-order valence-electron chi connectivity index (χ3n) is 12.3. The zero-order valence-electron chi connectivity index (χ0n) is 31.4. The van der Waals surface area contributed by atoms with Crippen LogP contribution in [0.15, 0.2) is 0 Å². The molecule has 300 valence electrons. The number of alkyl halides is 4. The molecule has 0 bridgehead atoms. The van der Waals surface area contributed by atoms with E-state index in [0.717, 1.165) is 57.8 Å². The van der Waals surface area contributed by atoms with Crippen LogP contribution >= 0.6 is 12.4 Å². The quantitative estimate of drug-likeness (QED) is 0.310. The van der Waals surface area contributed by atoms with Gasteiger partial charge in [-0.2, -0.15) is 0 Å². The van der Waals surface area contributed by atoms with Gasteiger partial charge in [-0.1, -0.05) is 38.5 Å². The monoisotopic (exact) mass is 766 g/mol. The standard InChI is InChI=1S/C21H35F2N3O3.C16H27F2N3O.ClH/c1-20(2,3)26(19(28)29)17(15-7-5-4-6-8-15)18(27)24-11-9-16(10-12-24)25-13-21(22,23)14-25;17-16(18)10-21(11-16)13-6-8-20(9-7-13)15(22)14(19)12-4-2-1-3-5-12;/h15-17H,4-14H2,1-3H3,(H,28,29);12-14H,1-11,19H2;1H/t17-;14-;/m00./s1. The zero-order valence-corrected chi connectivity index (χ0v) is 32.2. The first kappa shape index (κ1) is 42.8. The third kappa shape index (κ3) is 10.6. The fraction of sp³-hybridized carbons (Fsp3) is 0.919. The van der Waals surface area contributed by atoms with Crippen molar-refractivity contribution in [1.82, 2.24) is 24.5 Å². The third-order valence-corrected chi connectivity index (χ3v) is 12.3. The Balaban J connectivity index is 0.000000236. The van der Waals surface area contributed by atoms with Gasteiger partial charge in [-0.05, 0) is 84.0 Å². The highest BCUT2D eigenvalue weighted by atomic mass is 35.5. The van der Waals surface area contributed by atoms with E-state index in [1.165, 1.54) is 24.2 Å². The van der Waals surface area contributed by atoms with E-state index in [4.69, 9.17) is 5.73 Å². The van der Waals surface area contributed by atoms with Crippen molar-refractivity contribution in [2.45, 2.75) is 152 Å². The van der Waals surface area contributed by atoms with Crippen LogP contribution in [0.3, 0.4) is 0 Å². The normalized spacial score (nSPS) is 26.5. The SMILES string of the molecule is CC(C)(C)N(C(=O)O)[C@H](C(=O)N1CCC(N2CC(F)(F)C2)CC1)C1CCCCC1.Cl.N[C@H](C(=O)N1CCC(N2CC(F)(F)C2)CC1)C1CCCCC1. The Morgan fingerprint density at radius 3 is 1.37 bits per heavy atom. The number of hydrogen-bond acceptors (Lipinski definition) is 6. The number of carbonyl (C=O) groups is 3. The molecule has 3 N–H and O–H groups in total. The van der Waals surface area contributed by atoms with E-state index in [1.807, 2.05) is 30.6 Å². The van der Waals surface area contributed by atoms with Crippen molar-refractivity contribution in [2.75, 3.05) is 52.4 Å². The number of carboxylic acid groups (broad SMARTS) is 1. The van der Waals surface area contributed by atoms with Gasteiger partial charge in [0.05, 0.1) is 32.2 Å². The predicted octanol–water partition coefficient (Wildman–Crippen LogP) is 5.91. The number of nitrogens with zero attached hydrogens (tertiary/aromatic N) is 5. The van der Waals surface area contributed by atoms with Crippen molar-refractivity contribution >= 4 is 30.3 Å². The van der Waals surface area contributed by atoms with Crippen molar-refractivity contribution in [3.63, 3.8) is 0 Å². The fourth-order valence-electron chi connectivity index (χ4n) is 9.40. The summed E-state index contributed by atoms with van der Waals surface area (Å²) < 4.78 is 52.2. The van der Waals surface area contributed by atoms with Gasteiger partial charge in [0.15, 0.2) is 0 Å². The van der Waals surface area contributed by atoms with Gasteiger partial charge in [0.1, 0.15) is 6.04 Å². The number of halogens is 5. The molecule has 4 heterocycles. The van der Waals surface area contributed by atoms with Crippen molar-refractivity contribution in [2.24, 2.45) is 17.6 Å². The molecule has 0 aromatic heterocycles. The Bertz CT molecular complexity index is 1180. The van der Waals surface area contributed by atoms with E-state index in [-0.39, 0.29) is 74.4 Å². The second-order valence-corrected chi connectivity index (χ2v) is 17.2. The molecule has 2 atom stereocenters. The highest BCUT2D eigenvalue weighted by Crippen LogP contribution is 2.36. The van der Waals surface area contributed by atoms with Crippen LogP contribution in [0.5, 0.6) is 0 Å². The summed E-state index contributed by atoms with van der Waals surface area (Å²) in [6, 6.07) is -0.748. The molecule has 52 heavy (non-hydrogen) atoms. The number of hydrogen-bond donors (Lipinski definition) is 2. The number of nitrogens with two attached hydrogens (primary N) is 1. The van der Waals surface area contributed by atoms with Crippen LogP contribution in [-0.4, -0.2) is 141 Å². The number of rotatable bonds is 7. The van der Waals surface area contributed by atoms with E-state index in [2.05, 4.69) is 0 Å². The largest absolute Gasteiger partial charge is 0.465 e. The summed E-state index contributed by atoms with van der Waals surface area (Å²) in [6.07, 6.45) is 12.5. The molecule has 2 saturated carbocycles. The second-order valence-electron chi connectivity index (χ2n) is 17.2. The molecule has 0 aromatic carbocycles. The number of likely N-dealkylation sites (tertiary alicyclic amines) is 4. The molecule has 10 nitrogen and oxygen atoms in total. The predicted molar refractivity (Wildman–Crippen MR) is 194 cm³/mol. The molecule has 0 radical (unpaired) electrons. The lowest BCUT2D eigenvalue weighted by Gasteiger charge is -2.48. The molecular formula is C37H63ClF4N6O4. The minimum absolute atomic E-state index is 0.